The van der Waals surface area contributed by atoms with Crippen LogP contribution in [-0.2, 0) is 9.84 Å². The van der Waals surface area contributed by atoms with E-state index in [4.69, 9.17) is 0 Å². The second-order valence-electron chi connectivity index (χ2n) is 14.5. The maximum atomic E-state index is 13.8. The molecule has 0 aromatic heterocycles. The zero-order chi connectivity index (χ0) is 27.3. The summed E-state index contributed by atoms with van der Waals surface area (Å²) in [5, 5.41) is 20.6. The summed E-state index contributed by atoms with van der Waals surface area (Å²) in [5.74, 6) is 3.47. The van der Waals surface area contributed by atoms with E-state index in [1.165, 1.54) is 37.7 Å². The Labute approximate surface area is 231 Å². The highest BCUT2D eigenvalue weighted by atomic mass is 32.2. The van der Waals surface area contributed by atoms with Gasteiger partial charge in [0, 0.05) is 0 Å². The van der Waals surface area contributed by atoms with Crippen LogP contribution in [0.1, 0.15) is 98.3 Å². The van der Waals surface area contributed by atoms with Crippen LogP contribution < -0.4 is 0 Å². The Morgan fingerprint density at radius 2 is 1.76 bits per heavy atom. The van der Waals surface area contributed by atoms with Gasteiger partial charge in [-0.3, -0.25) is 0 Å². The molecule has 38 heavy (non-hydrogen) atoms. The zero-order valence-corrected chi connectivity index (χ0v) is 24.8. The first-order valence-corrected chi connectivity index (χ1v) is 16.8. The first kappa shape index (κ1) is 28.4. The van der Waals surface area contributed by atoms with E-state index in [1.807, 2.05) is 26.8 Å². The number of sulfone groups is 1. The first-order valence-electron chi connectivity index (χ1n) is 15.2. The van der Waals surface area contributed by atoms with Gasteiger partial charge in [-0.25, -0.2) is 8.42 Å². The smallest absolute Gasteiger partial charge is 0.181 e. The van der Waals surface area contributed by atoms with E-state index in [0.717, 1.165) is 43.4 Å². The predicted molar refractivity (Wildman–Crippen MR) is 153 cm³/mol. The number of allylic oxidation sites excluding steroid dienone is 1. The molecule has 7 unspecified atom stereocenters. The molecule has 212 valence electrons. The zero-order valence-electron chi connectivity index (χ0n) is 24.0. The SMILES string of the molecule is CC(C)(C)C(O)CC(CCC1CCC2C3CC=C4C[C@@H](O)CCC4C3CC[C@]12C)S(=O)(=O)c1ccccc1. The van der Waals surface area contributed by atoms with Crippen LogP contribution in [0, 0.1) is 40.4 Å². The van der Waals surface area contributed by atoms with Crippen LogP contribution in [0.15, 0.2) is 46.9 Å². The van der Waals surface area contributed by atoms with E-state index < -0.39 is 21.2 Å². The minimum absolute atomic E-state index is 0.143. The Kier molecular flexibility index (Phi) is 7.96. The summed E-state index contributed by atoms with van der Waals surface area (Å²) in [5.41, 5.74) is 1.47. The molecule has 0 aliphatic heterocycles. The van der Waals surface area contributed by atoms with Crippen LogP contribution in [0.5, 0.6) is 0 Å². The number of fused-ring (bicyclic) bond motifs is 5. The number of aliphatic hydroxyl groups excluding tert-OH is 2. The van der Waals surface area contributed by atoms with Crippen molar-refractivity contribution in [2.45, 2.75) is 121 Å². The summed E-state index contributed by atoms with van der Waals surface area (Å²) >= 11 is 0. The molecule has 4 aliphatic carbocycles. The van der Waals surface area contributed by atoms with Gasteiger partial charge in [0.2, 0.25) is 0 Å². The molecule has 5 rings (SSSR count). The van der Waals surface area contributed by atoms with Crippen LogP contribution in [0.3, 0.4) is 0 Å². The lowest BCUT2D eigenvalue weighted by Crippen LogP contribution is -2.46. The number of hydrogen-bond acceptors (Lipinski definition) is 4. The molecule has 0 amide bonds. The van der Waals surface area contributed by atoms with Crippen molar-refractivity contribution in [3.8, 4) is 0 Å². The van der Waals surface area contributed by atoms with E-state index in [1.54, 1.807) is 24.3 Å². The fourth-order valence-corrected chi connectivity index (χ4v) is 10.8. The molecule has 4 nitrogen and oxygen atoms in total. The van der Waals surface area contributed by atoms with Crippen molar-refractivity contribution in [2.75, 3.05) is 0 Å². The van der Waals surface area contributed by atoms with Gasteiger partial charge in [0.15, 0.2) is 9.84 Å². The summed E-state index contributed by atoms with van der Waals surface area (Å²) in [6.45, 7) is 8.48. The maximum Gasteiger partial charge on any atom is 0.181 e. The van der Waals surface area contributed by atoms with Gasteiger partial charge < -0.3 is 10.2 Å². The third kappa shape index (κ3) is 5.29. The molecule has 3 fully saturated rings. The summed E-state index contributed by atoms with van der Waals surface area (Å²) in [6.07, 6.45) is 12.7. The molecule has 0 heterocycles. The molecule has 4 aliphatic rings. The Morgan fingerprint density at radius 1 is 1.03 bits per heavy atom. The molecular formula is C33H50O4S. The monoisotopic (exact) mass is 542 g/mol. The van der Waals surface area contributed by atoms with Gasteiger partial charge in [-0.1, -0.05) is 57.5 Å². The normalized spacial score (nSPS) is 36.9. The molecule has 3 saturated carbocycles. The van der Waals surface area contributed by atoms with Gasteiger partial charge in [-0.15, -0.1) is 0 Å². The van der Waals surface area contributed by atoms with Crippen LogP contribution >= 0.6 is 0 Å². The second-order valence-corrected chi connectivity index (χ2v) is 16.7. The maximum absolute atomic E-state index is 13.8. The molecule has 0 bridgehead atoms. The summed E-state index contributed by atoms with van der Waals surface area (Å²) in [6, 6.07) is 8.85. The Hall–Kier alpha value is -1.17. The van der Waals surface area contributed by atoms with E-state index in [2.05, 4.69) is 13.0 Å². The van der Waals surface area contributed by atoms with Gasteiger partial charge in [-0.2, -0.15) is 0 Å². The molecule has 9 atom stereocenters. The Bertz CT molecular complexity index is 1100. The molecule has 0 radical (unpaired) electrons. The van der Waals surface area contributed by atoms with Gasteiger partial charge in [0.05, 0.1) is 22.4 Å². The summed E-state index contributed by atoms with van der Waals surface area (Å²) < 4.78 is 27.5. The van der Waals surface area contributed by atoms with Crippen LogP contribution in [0.4, 0.5) is 0 Å². The van der Waals surface area contributed by atoms with Crippen molar-refractivity contribution >= 4 is 9.84 Å². The number of rotatable bonds is 7. The third-order valence-electron chi connectivity index (χ3n) is 11.4. The van der Waals surface area contributed by atoms with Gasteiger partial charge >= 0.3 is 0 Å². The highest BCUT2D eigenvalue weighted by Gasteiger charge is 2.55. The number of benzene rings is 1. The summed E-state index contributed by atoms with van der Waals surface area (Å²) in [7, 11) is -3.52. The third-order valence-corrected chi connectivity index (χ3v) is 13.7. The predicted octanol–water partition coefficient (Wildman–Crippen LogP) is 6.96. The van der Waals surface area contributed by atoms with Crippen molar-refractivity contribution in [2.24, 2.45) is 40.4 Å². The summed E-state index contributed by atoms with van der Waals surface area (Å²) in [4.78, 5) is 0.379. The van der Waals surface area contributed by atoms with Crippen molar-refractivity contribution < 1.29 is 18.6 Å². The van der Waals surface area contributed by atoms with E-state index in [9.17, 15) is 18.6 Å². The largest absolute Gasteiger partial charge is 0.393 e. The molecule has 1 aromatic rings. The van der Waals surface area contributed by atoms with Crippen LogP contribution in [0.25, 0.3) is 0 Å². The lowest BCUT2D eigenvalue weighted by molar-refractivity contribution is -0.0202. The topological polar surface area (TPSA) is 74.6 Å². The molecule has 2 N–H and O–H groups in total. The standard InChI is InChI=1S/C33H50O4S/c1-32(2,3)31(35)21-26(38(36,37)25-8-6-5-7-9-25)14-11-23-12-17-30-29-15-10-22-20-24(34)13-16-27(22)28(29)18-19-33(23,30)4/h5-10,23-24,26-31,34-35H,11-21H2,1-4H3/t23?,24-,26?,27?,28?,29?,30?,31?,33+/m0/s1. The molecular weight excluding hydrogens is 492 g/mol. The minimum atomic E-state index is -3.52. The average Bonchev–Trinajstić information content (AvgIpc) is 3.22. The van der Waals surface area contributed by atoms with Gasteiger partial charge in [-0.05, 0) is 123 Å². The van der Waals surface area contributed by atoms with E-state index in [-0.39, 0.29) is 16.9 Å². The number of aliphatic hydroxyl groups is 2. The first-order chi connectivity index (χ1) is 17.9. The molecule has 0 saturated heterocycles. The number of hydrogen-bond donors (Lipinski definition) is 2. The lowest BCUT2D eigenvalue weighted by atomic mass is 9.51. The van der Waals surface area contributed by atoms with Crippen molar-refractivity contribution in [1.82, 2.24) is 0 Å². The molecule has 0 spiro atoms. The fourth-order valence-electron chi connectivity index (χ4n) is 9.02. The molecule has 5 heteroatoms. The average molecular weight is 543 g/mol. The van der Waals surface area contributed by atoms with Crippen molar-refractivity contribution in [3.63, 3.8) is 0 Å². The van der Waals surface area contributed by atoms with Crippen LogP contribution in [-0.4, -0.2) is 36.1 Å². The lowest BCUT2D eigenvalue weighted by Gasteiger charge is -2.54. The second kappa shape index (κ2) is 10.7. The highest BCUT2D eigenvalue weighted by Crippen LogP contribution is 2.64. The van der Waals surface area contributed by atoms with E-state index >= 15 is 0 Å². The van der Waals surface area contributed by atoms with Gasteiger partial charge in [0.25, 0.3) is 0 Å². The van der Waals surface area contributed by atoms with E-state index in [0.29, 0.717) is 29.6 Å². The highest BCUT2D eigenvalue weighted by molar-refractivity contribution is 7.92. The molecule has 1 aromatic carbocycles. The minimum Gasteiger partial charge on any atom is -0.393 e. The Morgan fingerprint density at radius 3 is 2.47 bits per heavy atom. The quantitative estimate of drug-likeness (QED) is 0.365. The fraction of sp³-hybridized carbons (Fsp3) is 0.758. The Balaban J connectivity index is 1.32. The van der Waals surface area contributed by atoms with Gasteiger partial charge in [0.1, 0.15) is 0 Å². The van der Waals surface area contributed by atoms with Crippen molar-refractivity contribution in [3.05, 3.63) is 42.0 Å². The van der Waals surface area contributed by atoms with Crippen molar-refractivity contribution in [1.29, 1.82) is 0 Å². The van der Waals surface area contributed by atoms with Crippen LogP contribution in [0.2, 0.25) is 0 Å².